The molecule has 0 spiro atoms. The fourth-order valence-electron chi connectivity index (χ4n) is 2.84. The highest BCUT2D eigenvalue weighted by atomic mass is 79.9. The minimum atomic E-state index is -0.863. The van der Waals surface area contributed by atoms with Crippen molar-refractivity contribution in [3.8, 4) is 5.69 Å². The average Bonchev–Trinajstić information content (AvgIpc) is 2.97. The number of nitrogens with one attached hydrogen (secondary N) is 2. The monoisotopic (exact) mass is 472 g/mol. The van der Waals surface area contributed by atoms with Gasteiger partial charge in [-0.25, -0.2) is 5.43 Å². The highest BCUT2D eigenvalue weighted by Crippen LogP contribution is 2.21. The van der Waals surface area contributed by atoms with E-state index in [0.717, 1.165) is 27.1 Å². The van der Waals surface area contributed by atoms with Crippen LogP contribution in [0.4, 0.5) is 5.69 Å². The van der Waals surface area contributed by atoms with Crippen molar-refractivity contribution in [1.82, 2.24) is 9.99 Å². The summed E-state index contributed by atoms with van der Waals surface area (Å²) in [6.45, 7) is 3.95. The standard InChI is InChI=1S/C21H18BrClN4O2/c1-13-11-15(14(2)27(13)19-9-3-16(22)4-10-19)12-24-26-21(29)20(28)25-18-7-5-17(23)6-8-18/h3-12H,1-2H3,(H,25,28)(H,26,29)/b24-12-. The quantitative estimate of drug-likeness (QED) is 0.330. The van der Waals surface area contributed by atoms with E-state index < -0.39 is 11.8 Å². The molecule has 3 aromatic rings. The van der Waals surface area contributed by atoms with Gasteiger partial charge in [0.2, 0.25) is 0 Å². The molecule has 148 valence electrons. The summed E-state index contributed by atoms with van der Waals surface area (Å²) in [7, 11) is 0. The summed E-state index contributed by atoms with van der Waals surface area (Å²) in [5.41, 5.74) is 6.56. The van der Waals surface area contributed by atoms with Crippen LogP contribution in [-0.2, 0) is 9.59 Å². The summed E-state index contributed by atoms with van der Waals surface area (Å²) in [6.07, 6.45) is 1.52. The number of benzene rings is 2. The first-order valence-electron chi connectivity index (χ1n) is 8.70. The van der Waals surface area contributed by atoms with E-state index >= 15 is 0 Å². The second kappa shape index (κ2) is 9.07. The SMILES string of the molecule is Cc1cc(/C=N\NC(=O)C(=O)Nc2ccc(Cl)cc2)c(C)n1-c1ccc(Br)cc1. The van der Waals surface area contributed by atoms with Crippen molar-refractivity contribution in [2.24, 2.45) is 5.10 Å². The molecule has 2 amide bonds. The maximum Gasteiger partial charge on any atom is 0.329 e. The Hall–Kier alpha value is -2.90. The van der Waals surface area contributed by atoms with Crippen LogP contribution in [0.2, 0.25) is 5.02 Å². The van der Waals surface area contributed by atoms with E-state index in [2.05, 4.69) is 36.3 Å². The van der Waals surface area contributed by atoms with Gasteiger partial charge in [-0.15, -0.1) is 0 Å². The topological polar surface area (TPSA) is 75.5 Å². The summed E-state index contributed by atoms with van der Waals surface area (Å²) in [4.78, 5) is 23.9. The Bertz CT molecular complexity index is 1070. The van der Waals surface area contributed by atoms with E-state index in [1.807, 2.05) is 44.2 Å². The van der Waals surface area contributed by atoms with Crippen LogP contribution in [0.3, 0.4) is 0 Å². The molecule has 0 saturated heterocycles. The molecule has 8 heteroatoms. The lowest BCUT2D eigenvalue weighted by Crippen LogP contribution is -2.32. The van der Waals surface area contributed by atoms with E-state index in [1.165, 1.54) is 6.21 Å². The summed E-state index contributed by atoms with van der Waals surface area (Å²) in [6, 6.07) is 16.4. The molecule has 3 rings (SSSR count). The molecule has 0 aliphatic rings. The van der Waals surface area contributed by atoms with Crippen molar-refractivity contribution < 1.29 is 9.59 Å². The maximum atomic E-state index is 11.9. The molecule has 2 aromatic carbocycles. The van der Waals surface area contributed by atoms with Crippen molar-refractivity contribution in [2.75, 3.05) is 5.32 Å². The molecule has 1 heterocycles. The number of anilines is 1. The first kappa shape index (κ1) is 20.8. The highest BCUT2D eigenvalue weighted by Gasteiger charge is 2.13. The van der Waals surface area contributed by atoms with Crippen LogP contribution in [0.5, 0.6) is 0 Å². The van der Waals surface area contributed by atoms with Gasteiger partial charge in [-0.3, -0.25) is 9.59 Å². The Balaban J connectivity index is 1.66. The fraction of sp³-hybridized carbons (Fsp3) is 0.0952. The van der Waals surface area contributed by atoms with Gasteiger partial charge in [0.1, 0.15) is 0 Å². The number of carbonyl (C=O) groups excluding carboxylic acids is 2. The zero-order valence-corrected chi connectivity index (χ0v) is 18.1. The minimum absolute atomic E-state index is 0.469. The molecule has 0 radical (unpaired) electrons. The van der Waals surface area contributed by atoms with Gasteiger partial charge in [0.25, 0.3) is 0 Å². The molecule has 0 atom stereocenters. The van der Waals surface area contributed by atoms with Gasteiger partial charge in [0.05, 0.1) is 6.21 Å². The van der Waals surface area contributed by atoms with Gasteiger partial charge in [-0.1, -0.05) is 27.5 Å². The van der Waals surface area contributed by atoms with Gasteiger partial charge in [-0.05, 0) is 68.4 Å². The van der Waals surface area contributed by atoms with Gasteiger partial charge >= 0.3 is 11.8 Å². The number of carbonyl (C=O) groups is 2. The van der Waals surface area contributed by atoms with Crippen LogP contribution in [-0.4, -0.2) is 22.6 Å². The lowest BCUT2D eigenvalue weighted by molar-refractivity contribution is -0.136. The first-order valence-corrected chi connectivity index (χ1v) is 9.87. The second-order valence-electron chi connectivity index (χ2n) is 6.30. The van der Waals surface area contributed by atoms with Gasteiger partial charge in [-0.2, -0.15) is 5.10 Å². The van der Waals surface area contributed by atoms with Crippen LogP contribution in [0, 0.1) is 13.8 Å². The van der Waals surface area contributed by atoms with Crippen LogP contribution in [0.25, 0.3) is 5.69 Å². The molecule has 0 unspecified atom stereocenters. The van der Waals surface area contributed by atoms with E-state index in [1.54, 1.807) is 24.3 Å². The normalized spacial score (nSPS) is 10.9. The molecular formula is C21H18BrClN4O2. The third-order valence-electron chi connectivity index (χ3n) is 4.23. The van der Waals surface area contributed by atoms with E-state index in [9.17, 15) is 9.59 Å². The molecule has 6 nitrogen and oxygen atoms in total. The van der Waals surface area contributed by atoms with E-state index in [0.29, 0.717) is 10.7 Å². The molecule has 0 bridgehead atoms. The summed E-state index contributed by atoms with van der Waals surface area (Å²) in [5.74, 6) is -1.68. The molecule has 0 saturated carbocycles. The fourth-order valence-corrected chi connectivity index (χ4v) is 3.23. The Labute approximate surface area is 181 Å². The summed E-state index contributed by atoms with van der Waals surface area (Å²) >= 11 is 9.23. The molecule has 1 aromatic heterocycles. The molecular weight excluding hydrogens is 456 g/mol. The zero-order valence-electron chi connectivity index (χ0n) is 15.7. The Kier molecular flexibility index (Phi) is 6.51. The number of aromatic nitrogens is 1. The second-order valence-corrected chi connectivity index (χ2v) is 7.65. The number of amides is 2. The van der Waals surface area contributed by atoms with Gasteiger partial charge in [0, 0.05) is 37.8 Å². The molecule has 2 N–H and O–H groups in total. The largest absolute Gasteiger partial charge is 0.329 e. The Morgan fingerprint density at radius 3 is 2.34 bits per heavy atom. The highest BCUT2D eigenvalue weighted by molar-refractivity contribution is 9.10. The van der Waals surface area contributed by atoms with Crippen molar-refractivity contribution in [3.63, 3.8) is 0 Å². The summed E-state index contributed by atoms with van der Waals surface area (Å²) < 4.78 is 3.09. The molecule has 0 aliphatic carbocycles. The third-order valence-corrected chi connectivity index (χ3v) is 5.01. The number of aryl methyl sites for hydroxylation is 1. The third kappa shape index (κ3) is 5.13. The van der Waals surface area contributed by atoms with E-state index in [-0.39, 0.29) is 0 Å². The Morgan fingerprint density at radius 1 is 1.03 bits per heavy atom. The van der Waals surface area contributed by atoms with Crippen molar-refractivity contribution in [1.29, 1.82) is 0 Å². The molecule has 29 heavy (non-hydrogen) atoms. The Morgan fingerprint density at radius 2 is 1.69 bits per heavy atom. The zero-order chi connectivity index (χ0) is 21.0. The number of halogens is 2. The van der Waals surface area contributed by atoms with Crippen LogP contribution < -0.4 is 10.7 Å². The average molecular weight is 474 g/mol. The lowest BCUT2D eigenvalue weighted by Gasteiger charge is -2.09. The van der Waals surface area contributed by atoms with Crippen molar-refractivity contribution in [2.45, 2.75) is 13.8 Å². The number of hydrazone groups is 1. The predicted octanol–water partition coefficient (Wildman–Crippen LogP) is 4.60. The lowest BCUT2D eigenvalue weighted by atomic mass is 10.2. The number of hydrogen-bond donors (Lipinski definition) is 2. The maximum absolute atomic E-state index is 11.9. The predicted molar refractivity (Wildman–Crippen MR) is 119 cm³/mol. The number of hydrogen-bond acceptors (Lipinski definition) is 3. The van der Waals surface area contributed by atoms with Crippen molar-refractivity contribution >= 4 is 51.2 Å². The van der Waals surface area contributed by atoms with Gasteiger partial charge < -0.3 is 9.88 Å². The number of rotatable bonds is 4. The molecule has 0 fully saturated rings. The first-order chi connectivity index (χ1) is 13.8. The van der Waals surface area contributed by atoms with Crippen LogP contribution >= 0.6 is 27.5 Å². The summed E-state index contributed by atoms with van der Waals surface area (Å²) in [5, 5.41) is 6.93. The molecule has 0 aliphatic heterocycles. The number of nitrogens with zero attached hydrogens (tertiary/aromatic N) is 2. The van der Waals surface area contributed by atoms with Crippen molar-refractivity contribution in [3.05, 3.63) is 81.0 Å². The minimum Gasteiger partial charge on any atom is -0.318 e. The van der Waals surface area contributed by atoms with E-state index in [4.69, 9.17) is 11.6 Å². The van der Waals surface area contributed by atoms with Crippen LogP contribution in [0.1, 0.15) is 17.0 Å². The van der Waals surface area contributed by atoms with Gasteiger partial charge in [0.15, 0.2) is 0 Å². The van der Waals surface area contributed by atoms with Crippen LogP contribution in [0.15, 0.2) is 64.2 Å². The smallest absolute Gasteiger partial charge is 0.318 e.